The molecule has 0 saturated carbocycles. The molecule has 0 aliphatic rings. The Kier molecular flexibility index (Phi) is 4.78. The van der Waals surface area contributed by atoms with Crippen LogP contribution >= 0.6 is 0 Å². The lowest BCUT2D eigenvalue weighted by atomic mass is 10.0. The Morgan fingerprint density at radius 2 is 2.00 bits per heavy atom. The number of aromatic nitrogens is 2. The molecule has 0 radical (unpaired) electrons. The van der Waals surface area contributed by atoms with Crippen molar-refractivity contribution in [2.45, 2.75) is 40.2 Å². The molecule has 4 heteroatoms. The van der Waals surface area contributed by atoms with Crippen LogP contribution in [0.1, 0.15) is 39.2 Å². The largest absolute Gasteiger partial charge is 0.435 e. The summed E-state index contributed by atoms with van der Waals surface area (Å²) in [7, 11) is 0. The van der Waals surface area contributed by atoms with Gasteiger partial charge >= 0.3 is 5.56 Å². The topological polar surface area (TPSA) is 44.1 Å². The summed E-state index contributed by atoms with van der Waals surface area (Å²) in [6.45, 7) is 9.04. The fourth-order valence-electron chi connectivity index (χ4n) is 2.08. The van der Waals surface area contributed by atoms with E-state index in [0.717, 1.165) is 0 Å². The molecule has 21 heavy (non-hydrogen) atoms. The average molecular weight is 286 g/mol. The molecule has 0 bridgehead atoms. The highest BCUT2D eigenvalue weighted by Crippen LogP contribution is 2.22. The van der Waals surface area contributed by atoms with Crippen LogP contribution in [0.2, 0.25) is 0 Å². The first-order valence-corrected chi connectivity index (χ1v) is 7.30. The fourth-order valence-corrected chi connectivity index (χ4v) is 2.08. The molecule has 0 aliphatic carbocycles. The normalized spacial score (nSPS) is 11.1. The molecule has 2 rings (SSSR count). The van der Waals surface area contributed by atoms with Gasteiger partial charge in [-0.3, -0.25) is 4.79 Å². The summed E-state index contributed by atoms with van der Waals surface area (Å²) in [5, 5.41) is 0. The van der Waals surface area contributed by atoms with Gasteiger partial charge in [0.25, 0.3) is 5.88 Å². The van der Waals surface area contributed by atoms with Gasteiger partial charge in [-0.25, -0.2) is 4.98 Å². The Labute approximate surface area is 125 Å². The summed E-state index contributed by atoms with van der Waals surface area (Å²) < 4.78 is 7.32. The molecule has 0 fully saturated rings. The smallest absolute Gasteiger partial charge is 0.313 e. The standard InChI is InChI=1S/C17H22N2O2/c1-12(2)11-19-9-8-18-16(17(19)20)21-15-7-5-6-14(10-15)13(3)4/h5-10,12-13H,11H2,1-4H3. The number of hydrogen-bond acceptors (Lipinski definition) is 3. The van der Waals surface area contributed by atoms with Crippen molar-refractivity contribution >= 4 is 0 Å². The number of rotatable bonds is 5. The molecule has 1 heterocycles. The summed E-state index contributed by atoms with van der Waals surface area (Å²) >= 11 is 0. The van der Waals surface area contributed by atoms with E-state index in [2.05, 4.69) is 32.7 Å². The molecular weight excluding hydrogens is 264 g/mol. The maximum atomic E-state index is 12.3. The third kappa shape index (κ3) is 3.94. The SMILES string of the molecule is CC(C)Cn1ccnc(Oc2cccc(C(C)C)c2)c1=O. The van der Waals surface area contributed by atoms with Crippen LogP contribution in [0.5, 0.6) is 11.6 Å². The molecule has 0 saturated heterocycles. The average Bonchev–Trinajstić information content (AvgIpc) is 2.43. The minimum atomic E-state index is -0.193. The van der Waals surface area contributed by atoms with Gasteiger partial charge in [0.2, 0.25) is 0 Å². The van der Waals surface area contributed by atoms with Crippen molar-refractivity contribution in [2.75, 3.05) is 0 Å². The first kappa shape index (κ1) is 15.3. The molecule has 2 aromatic rings. The minimum absolute atomic E-state index is 0.124. The summed E-state index contributed by atoms with van der Waals surface area (Å²) in [6.07, 6.45) is 3.30. The van der Waals surface area contributed by atoms with E-state index in [1.165, 1.54) is 5.56 Å². The van der Waals surface area contributed by atoms with Crippen molar-refractivity contribution in [2.24, 2.45) is 5.92 Å². The second-order valence-electron chi connectivity index (χ2n) is 5.91. The van der Waals surface area contributed by atoms with Gasteiger partial charge in [-0.2, -0.15) is 0 Å². The van der Waals surface area contributed by atoms with E-state index in [4.69, 9.17) is 4.74 Å². The van der Waals surface area contributed by atoms with Crippen LogP contribution in [0.15, 0.2) is 41.5 Å². The highest BCUT2D eigenvalue weighted by atomic mass is 16.5. The van der Waals surface area contributed by atoms with Crippen molar-refractivity contribution in [3.05, 3.63) is 52.6 Å². The first-order chi connectivity index (χ1) is 9.97. The van der Waals surface area contributed by atoms with Gasteiger partial charge in [-0.15, -0.1) is 0 Å². The van der Waals surface area contributed by atoms with Crippen molar-refractivity contribution in [3.8, 4) is 11.6 Å². The molecule has 0 unspecified atom stereocenters. The van der Waals surface area contributed by atoms with Crippen LogP contribution in [0.25, 0.3) is 0 Å². The third-order valence-electron chi connectivity index (χ3n) is 3.18. The van der Waals surface area contributed by atoms with Gasteiger partial charge in [0.15, 0.2) is 0 Å². The molecule has 0 atom stereocenters. The highest BCUT2D eigenvalue weighted by Gasteiger charge is 2.09. The second kappa shape index (κ2) is 6.57. The number of benzene rings is 1. The Bertz CT molecular complexity index is 660. The van der Waals surface area contributed by atoms with Crippen LogP contribution in [0, 0.1) is 5.92 Å². The Morgan fingerprint density at radius 1 is 1.24 bits per heavy atom. The maximum Gasteiger partial charge on any atom is 0.313 e. The van der Waals surface area contributed by atoms with Crippen LogP contribution in [-0.2, 0) is 6.54 Å². The summed E-state index contributed by atoms with van der Waals surface area (Å²) in [4.78, 5) is 16.4. The maximum absolute atomic E-state index is 12.3. The summed E-state index contributed by atoms with van der Waals surface area (Å²) in [6, 6.07) is 7.77. The van der Waals surface area contributed by atoms with Gasteiger partial charge in [-0.1, -0.05) is 39.8 Å². The monoisotopic (exact) mass is 286 g/mol. The Balaban J connectivity index is 2.28. The lowest BCUT2D eigenvalue weighted by Crippen LogP contribution is -2.23. The van der Waals surface area contributed by atoms with E-state index in [9.17, 15) is 4.79 Å². The quantitative estimate of drug-likeness (QED) is 0.839. The predicted molar refractivity (Wildman–Crippen MR) is 83.9 cm³/mol. The van der Waals surface area contributed by atoms with Gasteiger partial charge in [0.05, 0.1) is 0 Å². The van der Waals surface area contributed by atoms with Crippen molar-refractivity contribution < 1.29 is 4.74 Å². The van der Waals surface area contributed by atoms with Gasteiger partial charge in [-0.05, 0) is 29.5 Å². The molecule has 1 aromatic heterocycles. The molecule has 1 aromatic carbocycles. The Morgan fingerprint density at radius 3 is 2.67 bits per heavy atom. The Hall–Kier alpha value is -2.10. The van der Waals surface area contributed by atoms with Crippen LogP contribution in [0.4, 0.5) is 0 Å². The van der Waals surface area contributed by atoms with Crippen LogP contribution in [0.3, 0.4) is 0 Å². The second-order valence-corrected chi connectivity index (χ2v) is 5.91. The predicted octanol–water partition coefficient (Wildman–Crippen LogP) is 3.82. The first-order valence-electron chi connectivity index (χ1n) is 7.30. The molecule has 0 aliphatic heterocycles. The molecular formula is C17H22N2O2. The number of hydrogen-bond donors (Lipinski definition) is 0. The molecule has 4 nitrogen and oxygen atoms in total. The zero-order valence-corrected chi connectivity index (χ0v) is 13.0. The van der Waals surface area contributed by atoms with Crippen LogP contribution in [-0.4, -0.2) is 9.55 Å². The van der Waals surface area contributed by atoms with E-state index in [-0.39, 0.29) is 11.4 Å². The summed E-state index contributed by atoms with van der Waals surface area (Å²) in [5.41, 5.74) is 0.979. The third-order valence-corrected chi connectivity index (χ3v) is 3.18. The number of nitrogens with zero attached hydrogens (tertiary/aromatic N) is 2. The van der Waals surface area contributed by atoms with E-state index in [1.54, 1.807) is 17.0 Å². The fraction of sp³-hybridized carbons (Fsp3) is 0.412. The lowest BCUT2D eigenvalue weighted by Gasteiger charge is -2.11. The summed E-state index contributed by atoms with van der Waals surface area (Å²) in [5.74, 6) is 1.57. The zero-order chi connectivity index (χ0) is 15.4. The van der Waals surface area contributed by atoms with E-state index in [0.29, 0.717) is 24.1 Å². The highest BCUT2D eigenvalue weighted by molar-refractivity contribution is 5.32. The van der Waals surface area contributed by atoms with Gasteiger partial charge < -0.3 is 9.30 Å². The molecule has 0 spiro atoms. The zero-order valence-electron chi connectivity index (χ0n) is 13.0. The molecule has 0 N–H and O–H groups in total. The van der Waals surface area contributed by atoms with Crippen molar-refractivity contribution in [1.82, 2.24) is 9.55 Å². The molecule has 0 amide bonds. The number of ether oxygens (including phenoxy) is 1. The van der Waals surface area contributed by atoms with Gasteiger partial charge in [0.1, 0.15) is 5.75 Å². The van der Waals surface area contributed by atoms with E-state index in [1.807, 2.05) is 24.3 Å². The van der Waals surface area contributed by atoms with Crippen molar-refractivity contribution in [3.63, 3.8) is 0 Å². The van der Waals surface area contributed by atoms with Crippen molar-refractivity contribution in [1.29, 1.82) is 0 Å². The van der Waals surface area contributed by atoms with Gasteiger partial charge in [0, 0.05) is 18.9 Å². The van der Waals surface area contributed by atoms with E-state index < -0.39 is 0 Å². The molecule has 112 valence electrons. The van der Waals surface area contributed by atoms with E-state index >= 15 is 0 Å². The lowest BCUT2D eigenvalue weighted by molar-refractivity contribution is 0.432. The van der Waals surface area contributed by atoms with Crippen LogP contribution < -0.4 is 10.3 Å². The minimum Gasteiger partial charge on any atom is -0.435 e.